The van der Waals surface area contributed by atoms with Crippen molar-refractivity contribution in [2.24, 2.45) is 5.73 Å². The van der Waals surface area contributed by atoms with Crippen molar-refractivity contribution in [2.75, 3.05) is 7.05 Å². The highest BCUT2D eigenvalue weighted by Crippen LogP contribution is 2.23. The average Bonchev–Trinajstić information content (AvgIpc) is 2.34. The van der Waals surface area contributed by atoms with Crippen LogP contribution in [0.15, 0.2) is 18.2 Å². The van der Waals surface area contributed by atoms with Gasteiger partial charge < -0.3 is 15.8 Å². The molecule has 0 saturated carbocycles. The number of carbonyl (C=O) groups excluding carboxylic acids is 1. The van der Waals surface area contributed by atoms with Crippen molar-refractivity contribution in [1.29, 1.82) is 0 Å². The number of nitrogens with one attached hydrogen (secondary N) is 1. The van der Waals surface area contributed by atoms with Crippen LogP contribution in [0.1, 0.15) is 25.8 Å². The van der Waals surface area contributed by atoms with Gasteiger partial charge in [0, 0.05) is 6.42 Å². The number of hydrogen-bond acceptors (Lipinski definition) is 3. The van der Waals surface area contributed by atoms with Crippen LogP contribution in [0.3, 0.4) is 0 Å². The van der Waals surface area contributed by atoms with Crippen LogP contribution in [-0.4, -0.2) is 24.6 Å². The molecule has 0 aromatic heterocycles. The molecule has 1 aromatic rings. The number of ether oxygens (including phenoxy) is 1. The zero-order valence-corrected chi connectivity index (χ0v) is 11.8. The number of primary amides is 1. The lowest BCUT2D eigenvalue weighted by Gasteiger charge is -2.29. The van der Waals surface area contributed by atoms with Gasteiger partial charge in [-0.15, -0.1) is 0 Å². The lowest BCUT2D eigenvalue weighted by atomic mass is 9.94. The summed E-state index contributed by atoms with van der Waals surface area (Å²) in [5.41, 5.74) is 4.99. The summed E-state index contributed by atoms with van der Waals surface area (Å²) in [4.78, 5) is 11.4. The van der Waals surface area contributed by atoms with Crippen molar-refractivity contribution in [3.05, 3.63) is 29.6 Å². The van der Waals surface area contributed by atoms with E-state index in [1.165, 1.54) is 0 Å². The number of benzene rings is 1. The van der Waals surface area contributed by atoms with Gasteiger partial charge in [0.05, 0.1) is 11.6 Å². The molecule has 0 fully saturated rings. The van der Waals surface area contributed by atoms with Crippen LogP contribution in [0.2, 0.25) is 0 Å². The monoisotopic (exact) mass is 268 g/mol. The molecular weight excluding hydrogens is 247 g/mol. The highest BCUT2D eigenvalue weighted by molar-refractivity contribution is 5.84. The largest absolute Gasteiger partial charge is 0.488 e. The number of rotatable bonds is 6. The van der Waals surface area contributed by atoms with E-state index in [1.807, 2.05) is 0 Å². The van der Waals surface area contributed by atoms with E-state index in [0.717, 1.165) is 0 Å². The summed E-state index contributed by atoms with van der Waals surface area (Å²) >= 11 is 0. The minimum Gasteiger partial charge on any atom is -0.488 e. The summed E-state index contributed by atoms with van der Waals surface area (Å²) < 4.78 is 19.4. The van der Waals surface area contributed by atoms with Crippen molar-refractivity contribution >= 4 is 5.91 Å². The van der Waals surface area contributed by atoms with Crippen LogP contribution in [-0.2, 0) is 4.79 Å². The molecule has 106 valence electrons. The van der Waals surface area contributed by atoms with Gasteiger partial charge in [0.25, 0.3) is 0 Å². The molecule has 4 nitrogen and oxygen atoms in total. The lowest BCUT2D eigenvalue weighted by Crippen LogP contribution is -2.53. The molecule has 0 radical (unpaired) electrons. The quantitative estimate of drug-likeness (QED) is 0.826. The standard InChI is InChI=1S/C14H21FN2O2/c1-9-6-5-7-11(12(9)15)19-10(2)8-14(3,17-4)13(16)18/h5-7,10,17H,8H2,1-4H3,(H2,16,18). The predicted octanol–water partition coefficient (Wildman–Crippen LogP) is 1.75. The third kappa shape index (κ3) is 3.67. The van der Waals surface area contributed by atoms with Gasteiger partial charge in [-0.05, 0) is 39.4 Å². The van der Waals surface area contributed by atoms with E-state index >= 15 is 0 Å². The molecule has 1 rings (SSSR count). The van der Waals surface area contributed by atoms with Crippen molar-refractivity contribution in [1.82, 2.24) is 5.32 Å². The van der Waals surface area contributed by atoms with E-state index in [0.29, 0.717) is 12.0 Å². The fourth-order valence-electron chi connectivity index (χ4n) is 1.87. The zero-order chi connectivity index (χ0) is 14.6. The minimum atomic E-state index is -0.875. The Labute approximate surface area is 113 Å². The van der Waals surface area contributed by atoms with E-state index in [2.05, 4.69) is 5.32 Å². The number of carbonyl (C=O) groups is 1. The molecule has 0 spiro atoms. The summed E-state index contributed by atoms with van der Waals surface area (Å²) in [5, 5.41) is 2.87. The SMILES string of the molecule is CNC(C)(CC(C)Oc1cccc(C)c1F)C(N)=O. The Bertz CT molecular complexity index is 465. The summed E-state index contributed by atoms with van der Waals surface area (Å²) in [7, 11) is 1.66. The Morgan fingerprint density at radius 2 is 2.21 bits per heavy atom. The van der Waals surface area contributed by atoms with E-state index in [1.54, 1.807) is 46.0 Å². The Balaban J connectivity index is 2.78. The van der Waals surface area contributed by atoms with Gasteiger partial charge in [0.1, 0.15) is 0 Å². The van der Waals surface area contributed by atoms with Crippen molar-refractivity contribution in [2.45, 2.75) is 38.8 Å². The van der Waals surface area contributed by atoms with Gasteiger partial charge in [-0.25, -0.2) is 4.39 Å². The number of likely N-dealkylation sites (N-methyl/N-ethyl adjacent to an activating group) is 1. The van der Waals surface area contributed by atoms with E-state index in [9.17, 15) is 9.18 Å². The van der Waals surface area contributed by atoms with E-state index in [4.69, 9.17) is 10.5 Å². The minimum absolute atomic E-state index is 0.190. The smallest absolute Gasteiger partial charge is 0.237 e. The van der Waals surface area contributed by atoms with Gasteiger partial charge in [-0.1, -0.05) is 12.1 Å². The molecule has 19 heavy (non-hydrogen) atoms. The summed E-state index contributed by atoms with van der Waals surface area (Å²) in [6.45, 7) is 5.15. The van der Waals surface area contributed by atoms with Crippen LogP contribution in [0.25, 0.3) is 0 Å². The first kappa shape index (κ1) is 15.4. The van der Waals surface area contributed by atoms with E-state index < -0.39 is 11.4 Å². The Hall–Kier alpha value is -1.62. The topological polar surface area (TPSA) is 64.3 Å². The number of amides is 1. The highest BCUT2D eigenvalue weighted by Gasteiger charge is 2.31. The number of nitrogens with two attached hydrogens (primary N) is 1. The second-order valence-corrected chi connectivity index (χ2v) is 4.97. The van der Waals surface area contributed by atoms with Gasteiger partial charge in [0.15, 0.2) is 11.6 Å². The van der Waals surface area contributed by atoms with Crippen molar-refractivity contribution in [3.8, 4) is 5.75 Å². The molecule has 0 aliphatic carbocycles. The molecule has 0 bridgehead atoms. The van der Waals surface area contributed by atoms with E-state index in [-0.39, 0.29) is 17.7 Å². The van der Waals surface area contributed by atoms with Crippen molar-refractivity contribution in [3.63, 3.8) is 0 Å². The van der Waals surface area contributed by atoms with Gasteiger partial charge in [0.2, 0.25) is 5.91 Å². The first-order valence-electron chi connectivity index (χ1n) is 6.20. The molecule has 2 atom stereocenters. The molecule has 0 aliphatic rings. The second-order valence-electron chi connectivity index (χ2n) is 4.97. The molecule has 5 heteroatoms. The first-order chi connectivity index (χ1) is 8.80. The third-order valence-electron chi connectivity index (χ3n) is 3.28. The Morgan fingerprint density at radius 1 is 1.58 bits per heavy atom. The van der Waals surface area contributed by atoms with Crippen LogP contribution in [0.5, 0.6) is 5.75 Å². The zero-order valence-electron chi connectivity index (χ0n) is 11.8. The summed E-state index contributed by atoms with van der Waals surface area (Å²) in [5.74, 6) is -0.648. The van der Waals surface area contributed by atoms with Crippen LogP contribution >= 0.6 is 0 Å². The fraction of sp³-hybridized carbons (Fsp3) is 0.500. The predicted molar refractivity (Wildman–Crippen MR) is 72.5 cm³/mol. The molecular formula is C14H21FN2O2. The molecule has 2 unspecified atom stereocenters. The maximum atomic E-state index is 13.8. The fourth-order valence-corrected chi connectivity index (χ4v) is 1.87. The number of halogens is 1. The van der Waals surface area contributed by atoms with Crippen LogP contribution in [0.4, 0.5) is 4.39 Å². The summed E-state index contributed by atoms with van der Waals surface area (Å²) in [6.07, 6.45) is 0.00732. The molecule has 1 amide bonds. The molecule has 1 aromatic carbocycles. The third-order valence-corrected chi connectivity index (χ3v) is 3.28. The number of hydrogen-bond donors (Lipinski definition) is 2. The van der Waals surface area contributed by atoms with Crippen molar-refractivity contribution < 1.29 is 13.9 Å². The normalized spacial score (nSPS) is 15.6. The van der Waals surface area contributed by atoms with Crippen LogP contribution in [0, 0.1) is 12.7 Å². The van der Waals surface area contributed by atoms with Crippen LogP contribution < -0.4 is 15.8 Å². The molecule has 0 saturated heterocycles. The van der Waals surface area contributed by atoms with Gasteiger partial charge in [-0.2, -0.15) is 0 Å². The maximum absolute atomic E-state index is 13.8. The molecule has 0 heterocycles. The highest BCUT2D eigenvalue weighted by atomic mass is 19.1. The van der Waals surface area contributed by atoms with Gasteiger partial charge >= 0.3 is 0 Å². The Kier molecular flexibility index (Phi) is 4.89. The maximum Gasteiger partial charge on any atom is 0.237 e. The first-order valence-corrected chi connectivity index (χ1v) is 6.20. The molecule has 0 aliphatic heterocycles. The lowest BCUT2D eigenvalue weighted by molar-refractivity contribution is -0.124. The summed E-state index contributed by atoms with van der Waals surface area (Å²) in [6, 6.07) is 4.97. The number of aryl methyl sites for hydroxylation is 1. The Morgan fingerprint density at radius 3 is 2.74 bits per heavy atom. The average molecular weight is 268 g/mol. The second kappa shape index (κ2) is 6.02. The van der Waals surface area contributed by atoms with Gasteiger partial charge in [-0.3, -0.25) is 4.79 Å². The molecule has 3 N–H and O–H groups in total.